The largest absolute Gasteiger partial charge is 0.355 e. The molecule has 1 fully saturated rings. The summed E-state index contributed by atoms with van der Waals surface area (Å²) in [5.41, 5.74) is 1.50. The first kappa shape index (κ1) is 15.6. The van der Waals surface area contributed by atoms with Gasteiger partial charge in [0.05, 0.1) is 17.3 Å². The van der Waals surface area contributed by atoms with Crippen molar-refractivity contribution in [2.75, 3.05) is 25.0 Å². The summed E-state index contributed by atoms with van der Waals surface area (Å²) < 4.78 is 1.73. The molecule has 7 nitrogen and oxygen atoms in total. The minimum atomic E-state index is 0.0270. The fraction of sp³-hybridized carbons (Fsp3) is 0.333. The minimum absolute atomic E-state index is 0.0270. The van der Waals surface area contributed by atoms with Gasteiger partial charge in [0.15, 0.2) is 5.82 Å². The maximum absolute atomic E-state index is 12.9. The quantitative estimate of drug-likeness (QED) is 0.730. The van der Waals surface area contributed by atoms with Gasteiger partial charge in [0.1, 0.15) is 0 Å². The first-order valence-electron chi connectivity index (χ1n) is 8.46. The summed E-state index contributed by atoms with van der Waals surface area (Å²) in [5.74, 6) is 0.928. The van der Waals surface area contributed by atoms with Crippen LogP contribution in [0.25, 0.3) is 5.52 Å². The molecule has 0 N–H and O–H groups in total. The zero-order valence-corrected chi connectivity index (χ0v) is 14.1. The van der Waals surface area contributed by atoms with Gasteiger partial charge in [-0.05, 0) is 37.1 Å². The number of fused-ring (bicyclic) bond motifs is 1. The van der Waals surface area contributed by atoms with Crippen LogP contribution in [0.1, 0.15) is 23.2 Å². The van der Waals surface area contributed by atoms with E-state index in [0.717, 1.165) is 37.3 Å². The lowest BCUT2D eigenvalue weighted by Gasteiger charge is -2.37. The Hall–Kier alpha value is -2.96. The molecule has 0 radical (unpaired) electrons. The molecular weight excluding hydrogens is 316 g/mol. The Bertz CT molecular complexity index is 869. The van der Waals surface area contributed by atoms with Gasteiger partial charge >= 0.3 is 0 Å². The van der Waals surface area contributed by atoms with E-state index in [2.05, 4.69) is 20.2 Å². The van der Waals surface area contributed by atoms with Crippen molar-refractivity contribution in [3.63, 3.8) is 0 Å². The molecule has 1 aliphatic rings. The lowest BCUT2D eigenvalue weighted by atomic mass is 10.0. The fourth-order valence-corrected chi connectivity index (χ4v) is 3.40. The number of carbonyl (C=O) groups is 1. The van der Waals surface area contributed by atoms with E-state index in [1.165, 1.54) is 0 Å². The number of aromatic nitrogens is 4. The lowest BCUT2D eigenvalue weighted by molar-refractivity contribution is 0.0711. The smallest absolute Gasteiger partial charge is 0.257 e. The number of rotatable bonds is 3. The van der Waals surface area contributed by atoms with E-state index in [9.17, 15) is 4.79 Å². The number of amides is 1. The van der Waals surface area contributed by atoms with Gasteiger partial charge in [-0.2, -0.15) is 10.2 Å². The predicted molar refractivity (Wildman–Crippen MR) is 94.6 cm³/mol. The van der Waals surface area contributed by atoms with Crippen LogP contribution in [0.5, 0.6) is 0 Å². The van der Waals surface area contributed by atoms with Crippen molar-refractivity contribution in [2.45, 2.75) is 18.9 Å². The summed E-state index contributed by atoms with van der Waals surface area (Å²) in [4.78, 5) is 17.0. The Balaban J connectivity index is 1.45. The van der Waals surface area contributed by atoms with Crippen LogP contribution < -0.4 is 4.90 Å². The molecule has 1 amide bonds. The number of hydrogen-bond acceptors (Lipinski definition) is 5. The molecule has 0 aliphatic carbocycles. The number of piperidine rings is 1. The van der Waals surface area contributed by atoms with Gasteiger partial charge in [-0.1, -0.05) is 6.07 Å². The monoisotopic (exact) mass is 336 g/mol. The van der Waals surface area contributed by atoms with Gasteiger partial charge < -0.3 is 9.80 Å². The van der Waals surface area contributed by atoms with Crippen molar-refractivity contribution in [2.24, 2.45) is 0 Å². The van der Waals surface area contributed by atoms with E-state index >= 15 is 0 Å². The second kappa shape index (κ2) is 6.51. The first-order chi connectivity index (χ1) is 12.2. The van der Waals surface area contributed by atoms with E-state index in [1.54, 1.807) is 16.9 Å². The van der Waals surface area contributed by atoms with E-state index in [0.29, 0.717) is 5.56 Å². The first-order valence-corrected chi connectivity index (χ1v) is 8.46. The zero-order valence-electron chi connectivity index (χ0n) is 14.1. The molecule has 4 rings (SSSR count). The van der Waals surface area contributed by atoms with Crippen LogP contribution in [0.15, 0.2) is 48.9 Å². The molecule has 128 valence electrons. The topological polar surface area (TPSA) is 66.6 Å². The van der Waals surface area contributed by atoms with Crippen molar-refractivity contribution in [3.8, 4) is 0 Å². The standard InChI is InChI=1S/C18H20N6O/c1-22(18(25)15-13-20-24-10-3-2-5-16(15)24)14-7-11-23(12-8-14)17-6-4-9-19-21-17/h2-6,9-10,13-14H,7-8,11-12H2,1H3. The normalized spacial score (nSPS) is 15.5. The molecular formula is C18H20N6O. The highest BCUT2D eigenvalue weighted by Crippen LogP contribution is 2.22. The van der Waals surface area contributed by atoms with E-state index < -0.39 is 0 Å². The summed E-state index contributed by atoms with van der Waals surface area (Å²) in [5, 5.41) is 12.4. The lowest BCUT2D eigenvalue weighted by Crippen LogP contribution is -2.45. The molecule has 3 aromatic heterocycles. The molecule has 0 spiro atoms. The SMILES string of the molecule is CN(C(=O)c1cnn2ccccc12)C1CCN(c2cccnn2)CC1. The third-order valence-corrected chi connectivity index (χ3v) is 4.87. The van der Waals surface area contributed by atoms with Gasteiger partial charge in [-0.25, -0.2) is 4.52 Å². The van der Waals surface area contributed by atoms with Crippen LogP contribution in [0, 0.1) is 0 Å². The zero-order chi connectivity index (χ0) is 17.2. The summed E-state index contributed by atoms with van der Waals surface area (Å²) in [7, 11) is 1.89. The van der Waals surface area contributed by atoms with Crippen molar-refractivity contribution in [3.05, 3.63) is 54.5 Å². The number of carbonyl (C=O) groups excluding carboxylic acids is 1. The molecule has 1 aliphatic heterocycles. The Morgan fingerprint density at radius 1 is 1.20 bits per heavy atom. The van der Waals surface area contributed by atoms with Gasteiger partial charge in [0.2, 0.25) is 0 Å². The average molecular weight is 336 g/mol. The molecule has 0 saturated carbocycles. The second-order valence-electron chi connectivity index (χ2n) is 6.30. The van der Waals surface area contributed by atoms with Gasteiger partial charge in [-0.3, -0.25) is 4.79 Å². The van der Waals surface area contributed by atoms with Crippen molar-refractivity contribution < 1.29 is 4.79 Å². The van der Waals surface area contributed by atoms with Gasteiger partial charge in [-0.15, -0.1) is 5.10 Å². The predicted octanol–water partition coefficient (Wildman–Crippen LogP) is 1.87. The number of anilines is 1. The minimum Gasteiger partial charge on any atom is -0.355 e. The van der Waals surface area contributed by atoms with Crippen LogP contribution in [-0.4, -0.2) is 56.8 Å². The van der Waals surface area contributed by atoms with E-state index in [1.807, 2.05) is 48.5 Å². The van der Waals surface area contributed by atoms with E-state index in [4.69, 9.17) is 0 Å². The number of hydrogen-bond donors (Lipinski definition) is 0. The molecule has 0 unspecified atom stereocenters. The third kappa shape index (κ3) is 2.93. The highest BCUT2D eigenvalue weighted by Gasteiger charge is 2.27. The second-order valence-corrected chi connectivity index (χ2v) is 6.30. The maximum Gasteiger partial charge on any atom is 0.257 e. The molecule has 3 aromatic rings. The molecule has 1 saturated heterocycles. The number of pyridine rings is 1. The van der Waals surface area contributed by atoms with Crippen LogP contribution >= 0.6 is 0 Å². The summed E-state index contributed by atoms with van der Waals surface area (Å²) in [6.07, 6.45) is 7.02. The maximum atomic E-state index is 12.9. The van der Waals surface area contributed by atoms with Crippen LogP contribution in [0.3, 0.4) is 0 Å². The van der Waals surface area contributed by atoms with Crippen molar-refractivity contribution in [1.82, 2.24) is 24.7 Å². The molecule has 4 heterocycles. The van der Waals surface area contributed by atoms with Gasteiger partial charge in [0.25, 0.3) is 5.91 Å². The van der Waals surface area contributed by atoms with Crippen molar-refractivity contribution in [1.29, 1.82) is 0 Å². The fourth-order valence-electron chi connectivity index (χ4n) is 3.40. The molecule has 25 heavy (non-hydrogen) atoms. The molecule has 0 atom stereocenters. The average Bonchev–Trinajstić information content (AvgIpc) is 3.12. The number of nitrogens with zero attached hydrogens (tertiary/aromatic N) is 6. The summed E-state index contributed by atoms with van der Waals surface area (Å²) >= 11 is 0. The third-order valence-electron chi connectivity index (χ3n) is 4.87. The highest BCUT2D eigenvalue weighted by molar-refractivity contribution is 6.00. The Morgan fingerprint density at radius 2 is 2.04 bits per heavy atom. The van der Waals surface area contributed by atoms with E-state index in [-0.39, 0.29) is 11.9 Å². The Labute approximate surface area is 145 Å². The molecule has 7 heteroatoms. The molecule has 0 aromatic carbocycles. The van der Waals surface area contributed by atoms with Crippen molar-refractivity contribution >= 4 is 17.2 Å². The summed E-state index contributed by atoms with van der Waals surface area (Å²) in [6.45, 7) is 1.74. The van der Waals surface area contributed by atoms with Crippen LogP contribution in [0.2, 0.25) is 0 Å². The molecule has 0 bridgehead atoms. The Morgan fingerprint density at radius 3 is 2.80 bits per heavy atom. The van der Waals surface area contributed by atoms with Gasteiger partial charge in [0, 0.05) is 38.6 Å². The van der Waals surface area contributed by atoms with Crippen LogP contribution in [-0.2, 0) is 0 Å². The van der Waals surface area contributed by atoms with Crippen LogP contribution in [0.4, 0.5) is 5.82 Å². The highest BCUT2D eigenvalue weighted by atomic mass is 16.2. The summed E-state index contributed by atoms with van der Waals surface area (Å²) in [6, 6.07) is 9.84. The Kier molecular flexibility index (Phi) is 4.05.